The van der Waals surface area contributed by atoms with E-state index < -0.39 is 17.9 Å². The number of aliphatic carboxylic acids is 1. The topological polar surface area (TPSA) is 83.6 Å². The van der Waals surface area contributed by atoms with Gasteiger partial charge in [-0.1, -0.05) is 43.3 Å². The summed E-state index contributed by atoms with van der Waals surface area (Å²) in [5.74, 6) is -1.27. The molecule has 0 saturated carbocycles. The molecule has 1 N–H and O–H groups in total. The maximum Gasteiger partial charge on any atom is 0.331 e. The molecule has 6 nitrogen and oxygen atoms in total. The van der Waals surface area contributed by atoms with E-state index in [-0.39, 0.29) is 11.7 Å². The molecule has 120 valence electrons. The Bertz CT molecular complexity index is 751. The monoisotopic (exact) mass is 314 g/mol. The van der Waals surface area contributed by atoms with Crippen LogP contribution >= 0.6 is 0 Å². The van der Waals surface area contributed by atoms with E-state index in [1.54, 1.807) is 18.2 Å². The predicted molar refractivity (Wildman–Crippen MR) is 82.2 cm³/mol. The van der Waals surface area contributed by atoms with Crippen molar-refractivity contribution in [3.63, 3.8) is 0 Å². The van der Waals surface area contributed by atoms with Gasteiger partial charge in [0.15, 0.2) is 6.04 Å². The van der Waals surface area contributed by atoms with Gasteiger partial charge in [0, 0.05) is 12.6 Å². The molecule has 0 fully saturated rings. The number of carbonyl (C=O) groups is 2. The molecule has 1 aliphatic rings. The Morgan fingerprint density at radius 1 is 1.35 bits per heavy atom. The summed E-state index contributed by atoms with van der Waals surface area (Å²) in [6.45, 7) is 4.23. The van der Waals surface area contributed by atoms with Crippen molar-refractivity contribution in [2.75, 3.05) is 6.54 Å². The van der Waals surface area contributed by atoms with Crippen LogP contribution in [-0.2, 0) is 11.2 Å². The number of rotatable bonds is 3. The van der Waals surface area contributed by atoms with Crippen molar-refractivity contribution in [1.82, 2.24) is 10.1 Å². The van der Waals surface area contributed by atoms with Gasteiger partial charge in [0.25, 0.3) is 5.91 Å². The second kappa shape index (κ2) is 5.87. The van der Waals surface area contributed by atoms with Crippen LogP contribution in [0.4, 0.5) is 0 Å². The maximum absolute atomic E-state index is 12.7. The Morgan fingerprint density at radius 3 is 2.74 bits per heavy atom. The molecule has 2 heterocycles. The van der Waals surface area contributed by atoms with Gasteiger partial charge in [-0.15, -0.1) is 0 Å². The number of hydrogen-bond donors (Lipinski definition) is 1. The summed E-state index contributed by atoms with van der Waals surface area (Å²) in [4.78, 5) is 25.8. The summed E-state index contributed by atoms with van der Waals surface area (Å²) in [6.07, 6.45) is 0.622. The van der Waals surface area contributed by atoms with E-state index in [4.69, 9.17) is 4.52 Å². The molecule has 1 aliphatic heterocycles. The zero-order valence-electron chi connectivity index (χ0n) is 13.0. The Labute approximate surface area is 133 Å². The summed E-state index contributed by atoms with van der Waals surface area (Å²) in [5.41, 5.74) is 2.30. The minimum absolute atomic E-state index is 0.0827. The van der Waals surface area contributed by atoms with Gasteiger partial charge in [-0.2, -0.15) is 0 Å². The molecule has 23 heavy (non-hydrogen) atoms. The van der Waals surface area contributed by atoms with Crippen LogP contribution in [0.1, 0.15) is 53.2 Å². The second-order valence-electron chi connectivity index (χ2n) is 5.96. The van der Waals surface area contributed by atoms with Crippen molar-refractivity contribution in [1.29, 1.82) is 0 Å². The van der Waals surface area contributed by atoms with Crippen molar-refractivity contribution >= 4 is 11.9 Å². The Balaban J connectivity index is 1.95. The minimum Gasteiger partial charge on any atom is -0.479 e. The van der Waals surface area contributed by atoms with Crippen molar-refractivity contribution in [3.8, 4) is 0 Å². The van der Waals surface area contributed by atoms with Gasteiger partial charge in [-0.05, 0) is 23.5 Å². The molecule has 1 aromatic heterocycles. The van der Waals surface area contributed by atoms with Crippen LogP contribution in [0.15, 0.2) is 34.9 Å². The normalized spacial score (nSPS) is 17.2. The zero-order chi connectivity index (χ0) is 16.6. The molecule has 0 bridgehead atoms. The van der Waals surface area contributed by atoms with E-state index in [9.17, 15) is 14.7 Å². The molecule has 0 aliphatic carbocycles. The first-order valence-electron chi connectivity index (χ1n) is 7.57. The molecule has 2 aromatic rings. The average Bonchev–Trinajstić information content (AvgIpc) is 3.03. The number of amides is 1. The highest BCUT2D eigenvalue weighted by Gasteiger charge is 2.37. The molecule has 0 radical (unpaired) electrons. The molecule has 6 heteroatoms. The third-order valence-corrected chi connectivity index (χ3v) is 4.11. The van der Waals surface area contributed by atoms with Crippen LogP contribution in [0.5, 0.6) is 0 Å². The highest BCUT2D eigenvalue weighted by Crippen LogP contribution is 2.31. The lowest BCUT2D eigenvalue weighted by molar-refractivity contribution is -0.143. The van der Waals surface area contributed by atoms with Gasteiger partial charge < -0.3 is 14.5 Å². The van der Waals surface area contributed by atoms with E-state index >= 15 is 0 Å². The zero-order valence-corrected chi connectivity index (χ0v) is 13.0. The van der Waals surface area contributed by atoms with Crippen LogP contribution < -0.4 is 0 Å². The molecular weight excluding hydrogens is 296 g/mol. The SMILES string of the molecule is CC(C)c1cc(C(=O)N2CCc3ccccc3C2C(=O)O)on1. The number of hydrogen-bond acceptors (Lipinski definition) is 4. The molecule has 3 rings (SSSR count). The first-order valence-corrected chi connectivity index (χ1v) is 7.57. The number of carboxylic acids is 1. The summed E-state index contributed by atoms with van der Waals surface area (Å²) in [7, 11) is 0. The second-order valence-corrected chi connectivity index (χ2v) is 5.96. The fraction of sp³-hybridized carbons (Fsp3) is 0.353. The Morgan fingerprint density at radius 2 is 2.09 bits per heavy atom. The number of benzene rings is 1. The number of fused-ring (bicyclic) bond motifs is 1. The van der Waals surface area contributed by atoms with Gasteiger partial charge in [-0.3, -0.25) is 4.79 Å². The first kappa shape index (κ1) is 15.3. The van der Waals surface area contributed by atoms with Crippen molar-refractivity contribution in [2.45, 2.75) is 32.2 Å². The van der Waals surface area contributed by atoms with Gasteiger partial charge in [0.2, 0.25) is 5.76 Å². The molecule has 1 atom stereocenters. The van der Waals surface area contributed by atoms with Crippen LogP contribution in [0.25, 0.3) is 0 Å². The van der Waals surface area contributed by atoms with Crippen LogP contribution in [0, 0.1) is 0 Å². The number of nitrogens with zero attached hydrogens (tertiary/aromatic N) is 2. The number of carboxylic acid groups (broad SMARTS) is 1. The van der Waals surface area contributed by atoms with Crippen molar-refractivity contribution in [3.05, 3.63) is 52.9 Å². The summed E-state index contributed by atoms with van der Waals surface area (Å²) < 4.78 is 5.12. The molecule has 0 spiro atoms. The van der Waals surface area contributed by atoms with E-state index in [1.807, 2.05) is 26.0 Å². The first-order chi connectivity index (χ1) is 11.0. The van der Waals surface area contributed by atoms with Crippen LogP contribution in [0.3, 0.4) is 0 Å². The largest absolute Gasteiger partial charge is 0.479 e. The summed E-state index contributed by atoms with van der Waals surface area (Å²) >= 11 is 0. The fourth-order valence-corrected chi connectivity index (χ4v) is 2.85. The van der Waals surface area contributed by atoms with Crippen LogP contribution in [-0.4, -0.2) is 33.6 Å². The summed E-state index contributed by atoms with van der Waals surface area (Å²) in [5, 5.41) is 13.5. The van der Waals surface area contributed by atoms with E-state index in [0.29, 0.717) is 24.2 Å². The van der Waals surface area contributed by atoms with E-state index in [0.717, 1.165) is 5.56 Å². The third kappa shape index (κ3) is 2.72. The predicted octanol–water partition coefficient (Wildman–Crippen LogP) is 2.62. The average molecular weight is 314 g/mol. The molecule has 1 amide bonds. The highest BCUT2D eigenvalue weighted by atomic mass is 16.5. The Kier molecular flexibility index (Phi) is 3.90. The molecule has 1 aromatic carbocycles. The standard InChI is InChI=1S/C17H18N2O4/c1-10(2)13-9-14(23-18-13)16(20)19-8-7-11-5-3-4-6-12(11)15(19)17(21)22/h3-6,9-10,15H,7-8H2,1-2H3,(H,21,22). The summed E-state index contributed by atoms with van der Waals surface area (Å²) in [6, 6.07) is 7.91. The van der Waals surface area contributed by atoms with Gasteiger partial charge in [0.05, 0.1) is 5.69 Å². The van der Waals surface area contributed by atoms with Gasteiger partial charge in [0.1, 0.15) is 0 Å². The molecule has 1 unspecified atom stereocenters. The molecular formula is C17H18N2O4. The smallest absolute Gasteiger partial charge is 0.331 e. The van der Waals surface area contributed by atoms with Gasteiger partial charge in [-0.25, -0.2) is 4.79 Å². The van der Waals surface area contributed by atoms with Crippen molar-refractivity contribution in [2.24, 2.45) is 0 Å². The molecule has 0 saturated heterocycles. The lowest BCUT2D eigenvalue weighted by Gasteiger charge is -2.34. The number of aromatic nitrogens is 1. The lowest BCUT2D eigenvalue weighted by Crippen LogP contribution is -2.43. The quantitative estimate of drug-likeness (QED) is 0.941. The van der Waals surface area contributed by atoms with E-state index in [2.05, 4.69) is 5.16 Å². The third-order valence-electron chi connectivity index (χ3n) is 4.11. The lowest BCUT2D eigenvalue weighted by atomic mass is 9.92. The van der Waals surface area contributed by atoms with Gasteiger partial charge >= 0.3 is 5.97 Å². The minimum atomic E-state index is -1.05. The van der Waals surface area contributed by atoms with E-state index in [1.165, 1.54) is 4.90 Å². The Hall–Kier alpha value is -2.63. The highest BCUT2D eigenvalue weighted by molar-refractivity contribution is 5.95. The van der Waals surface area contributed by atoms with Crippen molar-refractivity contribution < 1.29 is 19.2 Å². The fourth-order valence-electron chi connectivity index (χ4n) is 2.85. The number of carbonyl (C=O) groups excluding carboxylic acids is 1. The van der Waals surface area contributed by atoms with Crippen LogP contribution in [0.2, 0.25) is 0 Å². The maximum atomic E-state index is 12.7.